The lowest BCUT2D eigenvalue weighted by molar-refractivity contribution is -0.130. The van der Waals surface area contributed by atoms with E-state index in [-0.39, 0.29) is 10.8 Å². The summed E-state index contributed by atoms with van der Waals surface area (Å²) in [5, 5.41) is 2.32. The van der Waals surface area contributed by atoms with Crippen molar-refractivity contribution in [2.45, 2.75) is 24.3 Å². The van der Waals surface area contributed by atoms with E-state index in [0.717, 1.165) is 21.9 Å². The van der Waals surface area contributed by atoms with Crippen LogP contribution < -0.4 is 4.72 Å². The molecule has 1 N–H and O–H groups in total. The Balaban J connectivity index is 1.61. The number of amides is 1. The average Bonchev–Trinajstić information content (AvgIpc) is 2.72. The molecule has 3 rings (SSSR count). The fraction of sp³-hybridized carbons (Fsp3) is 0.227. The van der Waals surface area contributed by atoms with Gasteiger partial charge >= 0.3 is 0 Å². The predicted octanol–water partition coefficient (Wildman–Crippen LogP) is 3.34. The highest BCUT2D eigenvalue weighted by molar-refractivity contribution is 7.89. The van der Waals surface area contributed by atoms with Crippen molar-refractivity contribution in [3.8, 4) is 0 Å². The number of sulfonamides is 1. The van der Waals surface area contributed by atoms with Crippen LogP contribution in [0.5, 0.6) is 0 Å². The lowest BCUT2D eigenvalue weighted by Crippen LogP contribution is -2.26. The summed E-state index contributed by atoms with van der Waals surface area (Å²) in [6.07, 6.45) is 0.942. The van der Waals surface area contributed by atoms with Crippen LogP contribution in [0.4, 0.5) is 0 Å². The summed E-state index contributed by atoms with van der Waals surface area (Å²) in [4.78, 5) is 14.5. The molecule has 146 valence electrons. The van der Waals surface area contributed by atoms with E-state index in [1.165, 1.54) is 7.05 Å². The molecule has 0 spiro atoms. The van der Waals surface area contributed by atoms with Gasteiger partial charge in [-0.05, 0) is 47.5 Å². The van der Waals surface area contributed by atoms with Crippen LogP contribution in [0, 0.1) is 0 Å². The maximum Gasteiger partial charge on any atom is 0.240 e. The first kappa shape index (κ1) is 20.0. The van der Waals surface area contributed by atoms with E-state index in [4.69, 9.17) is 0 Å². The minimum atomic E-state index is -3.44. The van der Waals surface area contributed by atoms with Gasteiger partial charge in [0.05, 0.1) is 4.90 Å². The quantitative estimate of drug-likeness (QED) is 0.666. The number of hydrogen-bond acceptors (Lipinski definition) is 3. The van der Waals surface area contributed by atoms with Gasteiger partial charge in [0.2, 0.25) is 15.9 Å². The van der Waals surface area contributed by atoms with Crippen molar-refractivity contribution in [2.24, 2.45) is 0 Å². The number of hydrogen-bond donors (Lipinski definition) is 1. The van der Waals surface area contributed by atoms with Gasteiger partial charge < -0.3 is 4.90 Å². The first-order chi connectivity index (χ1) is 13.4. The second kappa shape index (κ2) is 8.54. The number of benzene rings is 3. The lowest BCUT2D eigenvalue weighted by atomic mass is 10.0. The predicted molar refractivity (Wildman–Crippen MR) is 111 cm³/mol. The highest BCUT2D eigenvalue weighted by Crippen LogP contribution is 2.20. The molecule has 28 heavy (non-hydrogen) atoms. The summed E-state index contributed by atoms with van der Waals surface area (Å²) in [5.74, 6) is 0.0554. The zero-order chi connectivity index (χ0) is 20.1. The zero-order valence-electron chi connectivity index (χ0n) is 16.1. The number of rotatable bonds is 7. The number of nitrogens with one attached hydrogen (secondary N) is 1. The summed E-state index contributed by atoms with van der Waals surface area (Å²) in [5.41, 5.74) is 2.05. The topological polar surface area (TPSA) is 66.5 Å². The maximum atomic E-state index is 12.5. The smallest absolute Gasteiger partial charge is 0.240 e. The number of carbonyl (C=O) groups is 1. The standard InChI is InChI=1S/C22H24N2O3S/c1-23-28(26,27)20-13-10-17(11-14-20)12-15-22(25)24(2)16-19-8-5-7-18-6-3-4-9-21(18)19/h3-11,13-14,23H,12,15-16H2,1-2H3. The number of carbonyl (C=O) groups excluding carboxylic acids is 1. The van der Waals surface area contributed by atoms with E-state index >= 15 is 0 Å². The third-order valence-corrected chi connectivity index (χ3v) is 6.27. The Morgan fingerprint density at radius 3 is 2.36 bits per heavy atom. The second-order valence-electron chi connectivity index (χ2n) is 6.74. The van der Waals surface area contributed by atoms with Gasteiger partial charge in [-0.3, -0.25) is 4.79 Å². The molecule has 0 aliphatic carbocycles. The first-order valence-corrected chi connectivity index (χ1v) is 10.6. The largest absolute Gasteiger partial charge is 0.341 e. The van der Waals surface area contributed by atoms with E-state index in [2.05, 4.69) is 22.9 Å². The minimum absolute atomic E-state index is 0.0554. The Labute approximate surface area is 166 Å². The molecule has 0 aromatic heterocycles. The van der Waals surface area contributed by atoms with Gasteiger partial charge in [-0.25, -0.2) is 13.1 Å². The van der Waals surface area contributed by atoms with E-state index in [0.29, 0.717) is 19.4 Å². The molecule has 0 aliphatic heterocycles. The summed E-state index contributed by atoms with van der Waals surface area (Å²) in [7, 11) is -0.243. The molecule has 0 atom stereocenters. The van der Waals surface area contributed by atoms with Gasteiger partial charge in [0.15, 0.2) is 0 Å². The molecule has 0 unspecified atom stereocenters. The molecule has 0 radical (unpaired) electrons. The molecular weight excluding hydrogens is 372 g/mol. The molecule has 3 aromatic carbocycles. The number of fused-ring (bicyclic) bond motifs is 1. The second-order valence-corrected chi connectivity index (χ2v) is 8.63. The number of nitrogens with zero attached hydrogens (tertiary/aromatic N) is 1. The SMILES string of the molecule is CNS(=O)(=O)c1ccc(CCC(=O)N(C)Cc2cccc3ccccc23)cc1. The molecule has 0 fully saturated rings. The highest BCUT2D eigenvalue weighted by atomic mass is 32.2. The average molecular weight is 397 g/mol. The van der Waals surface area contributed by atoms with Crippen molar-refractivity contribution in [3.05, 3.63) is 77.9 Å². The Morgan fingerprint density at radius 1 is 0.964 bits per heavy atom. The van der Waals surface area contributed by atoms with Gasteiger partial charge in [-0.2, -0.15) is 0 Å². The van der Waals surface area contributed by atoms with Crippen LogP contribution >= 0.6 is 0 Å². The van der Waals surface area contributed by atoms with Crippen molar-refractivity contribution in [1.82, 2.24) is 9.62 Å². The first-order valence-electron chi connectivity index (χ1n) is 9.14. The molecule has 3 aromatic rings. The fourth-order valence-electron chi connectivity index (χ4n) is 3.17. The van der Waals surface area contributed by atoms with Crippen LogP contribution in [0.1, 0.15) is 17.5 Å². The van der Waals surface area contributed by atoms with Gasteiger partial charge in [0.25, 0.3) is 0 Å². The Hall–Kier alpha value is -2.70. The Morgan fingerprint density at radius 2 is 1.64 bits per heavy atom. The molecule has 0 bridgehead atoms. The van der Waals surface area contributed by atoms with E-state index in [1.807, 2.05) is 31.3 Å². The van der Waals surface area contributed by atoms with Crippen LogP contribution in [0.15, 0.2) is 71.6 Å². The van der Waals surface area contributed by atoms with Gasteiger partial charge in [-0.1, -0.05) is 54.6 Å². The molecule has 0 heterocycles. The molecular formula is C22H24N2O3S. The van der Waals surface area contributed by atoms with Gasteiger partial charge in [0, 0.05) is 20.0 Å². The van der Waals surface area contributed by atoms with E-state index in [1.54, 1.807) is 29.2 Å². The maximum absolute atomic E-state index is 12.5. The summed E-state index contributed by atoms with van der Waals surface area (Å²) >= 11 is 0. The van der Waals surface area contributed by atoms with Crippen molar-refractivity contribution < 1.29 is 13.2 Å². The lowest BCUT2D eigenvalue weighted by Gasteiger charge is -2.18. The number of aryl methyl sites for hydroxylation is 1. The molecule has 5 nitrogen and oxygen atoms in total. The molecule has 6 heteroatoms. The molecule has 1 amide bonds. The third kappa shape index (κ3) is 4.58. The van der Waals surface area contributed by atoms with Crippen molar-refractivity contribution in [3.63, 3.8) is 0 Å². The van der Waals surface area contributed by atoms with Crippen LogP contribution in [-0.4, -0.2) is 33.3 Å². The van der Waals surface area contributed by atoms with Crippen LogP contribution in [0.3, 0.4) is 0 Å². The molecule has 0 saturated carbocycles. The zero-order valence-corrected chi connectivity index (χ0v) is 16.9. The van der Waals surface area contributed by atoms with E-state index in [9.17, 15) is 13.2 Å². The van der Waals surface area contributed by atoms with Crippen LogP contribution in [0.25, 0.3) is 10.8 Å². The Bertz CT molecular complexity index is 1070. The fourth-order valence-corrected chi connectivity index (χ4v) is 3.90. The molecule has 0 aliphatic rings. The van der Waals surface area contributed by atoms with Crippen molar-refractivity contribution in [2.75, 3.05) is 14.1 Å². The third-order valence-electron chi connectivity index (χ3n) is 4.84. The van der Waals surface area contributed by atoms with E-state index < -0.39 is 10.0 Å². The highest BCUT2D eigenvalue weighted by Gasteiger charge is 2.13. The monoisotopic (exact) mass is 396 g/mol. The van der Waals surface area contributed by atoms with Crippen molar-refractivity contribution in [1.29, 1.82) is 0 Å². The normalized spacial score (nSPS) is 11.5. The van der Waals surface area contributed by atoms with Gasteiger partial charge in [-0.15, -0.1) is 0 Å². The van der Waals surface area contributed by atoms with Crippen molar-refractivity contribution >= 4 is 26.7 Å². The molecule has 0 saturated heterocycles. The van der Waals surface area contributed by atoms with Crippen LogP contribution in [-0.2, 0) is 27.8 Å². The summed E-state index contributed by atoms with van der Waals surface area (Å²) in [6.45, 7) is 0.555. The summed E-state index contributed by atoms with van der Waals surface area (Å²) < 4.78 is 25.8. The Kier molecular flexibility index (Phi) is 6.11. The summed E-state index contributed by atoms with van der Waals surface area (Å²) in [6, 6.07) is 20.9. The van der Waals surface area contributed by atoms with Gasteiger partial charge in [0.1, 0.15) is 0 Å². The van der Waals surface area contributed by atoms with Crippen LogP contribution in [0.2, 0.25) is 0 Å². The minimum Gasteiger partial charge on any atom is -0.341 e.